The van der Waals surface area contributed by atoms with Crippen LogP contribution in [0.4, 0.5) is 5.13 Å². The van der Waals surface area contributed by atoms with Gasteiger partial charge < -0.3 is 4.74 Å². The van der Waals surface area contributed by atoms with Gasteiger partial charge >= 0.3 is 0 Å². The van der Waals surface area contributed by atoms with Crippen molar-refractivity contribution in [2.24, 2.45) is 0 Å². The number of anilines is 1. The van der Waals surface area contributed by atoms with E-state index in [1.807, 2.05) is 5.38 Å². The molecule has 2 aliphatic rings. The lowest BCUT2D eigenvalue weighted by Gasteiger charge is -2.26. The van der Waals surface area contributed by atoms with Gasteiger partial charge in [0.05, 0.1) is 23.8 Å². The Labute approximate surface area is 187 Å². The van der Waals surface area contributed by atoms with E-state index in [1.54, 1.807) is 19.1 Å². The molecule has 4 rings (SSSR count). The lowest BCUT2D eigenvalue weighted by molar-refractivity contribution is 0.0730. The highest BCUT2D eigenvalue weighted by atomic mass is 32.2. The average Bonchev–Trinajstić information content (AvgIpc) is 3.21. The molecule has 0 saturated carbocycles. The highest BCUT2D eigenvalue weighted by Gasteiger charge is 2.27. The molecule has 0 unspecified atom stereocenters. The first-order valence-electron chi connectivity index (χ1n) is 10.6. The number of carbonyl (C=O) groups excluding carboxylic acids is 1. The molecule has 3 heterocycles. The van der Waals surface area contributed by atoms with Crippen molar-refractivity contribution < 1.29 is 17.9 Å². The number of hydrogen-bond acceptors (Lipinski definition) is 7. The molecule has 2 aromatic rings. The van der Waals surface area contributed by atoms with Crippen molar-refractivity contribution in [1.29, 1.82) is 0 Å². The number of morpholine rings is 1. The van der Waals surface area contributed by atoms with E-state index < -0.39 is 10.0 Å². The molecule has 1 aromatic heterocycles. The smallest absolute Gasteiger partial charge is 0.257 e. The van der Waals surface area contributed by atoms with Crippen LogP contribution < -0.4 is 5.32 Å². The zero-order valence-electron chi connectivity index (χ0n) is 17.7. The van der Waals surface area contributed by atoms with Crippen LogP contribution in [0.15, 0.2) is 28.5 Å². The summed E-state index contributed by atoms with van der Waals surface area (Å²) in [5.41, 5.74) is 1.99. The topological polar surface area (TPSA) is 91.8 Å². The van der Waals surface area contributed by atoms with Crippen molar-refractivity contribution in [3.05, 3.63) is 40.4 Å². The Bertz CT molecular complexity index is 1030. The molecule has 1 N–H and O–H groups in total. The molecule has 2 saturated heterocycles. The normalized spacial score (nSPS) is 18.7. The van der Waals surface area contributed by atoms with Gasteiger partial charge in [-0.1, -0.05) is 12.5 Å². The predicted octanol–water partition coefficient (Wildman–Crippen LogP) is 2.71. The third kappa shape index (κ3) is 5.32. The first kappa shape index (κ1) is 22.3. The highest BCUT2D eigenvalue weighted by molar-refractivity contribution is 7.89. The summed E-state index contributed by atoms with van der Waals surface area (Å²) in [6.07, 6.45) is 3.72. The third-order valence-corrected chi connectivity index (χ3v) is 8.37. The molecule has 0 radical (unpaired) electrons. The molecule has 1 aromatic carbocycles. The molecule has 2 aliphatic heterocycles. The van der Waals surface area contributed by atoms with E-state index in [0.717, 1.165) is 25.3 Å². The largest absolute Gasteiger partial charge is 0.379 e. The molecule has 0 aliphatic carbocycles. The number of thiazole rings is 1. The third-order valence-electron chi connectivity index (χ3n) is 5.67. The zero-order valence-corrected chi connectivity index (χ0v) is 19.3. The number of sulfonamides is 1. The van der Waals surface area contributed by atoms with Crippen molar-refractivity contribution in [1.82, 2.24) is 14.2 Å². The van der Waals surface area contributed by atoms with Gasteiger partial charge in [-0.25, -0.2) is 13.4 Å². The van der Waals surface area contributed by atoms with Gasteiger partial charge in [-0.05, 0) is 50.6 Å². The number of hydrogen-bond donors (Lipinski definition) is 1. The standard InChI is InChI=1S/C21H28N4O4S2/c1-16-5-6-18(31(27,28)25-9-11-29-12-10-25)13-19(16)20(26)23-21-22-17(15-30-21)14-24-7-3-2-4-8-24/h5-6,13,15H,2-4,7-12,14H2,1H3,(H,22,23,26). The van der Waals surface area contributed by atoms with Crippen molar-refractivity contribution in [3.63, 3.8) is 0 Å². The van der Waals surface area contributed by atoms with Gasteiger partial charge in [-0.3, -0.25) is 15.0 Å². The first-order valence-corrected chi connectivity index (χ1v) is 12.9. The fourth-order valence-corrected chi connectivity index (χ4v) is 6.02. The number of carbonyl (C=O) groups is 1. The summed E-state index contributed by atoms with van der Waals surface area (Å²) >= 11 is 1.39. The second-order valence-electron chi connectivity index (χ2n) is 7.93. The van der Waals surface area contributed by atoms with Gasteiger partial charge in [0.15, 0.2) is 5.13 Å². The van der Waals surface area contributed by atoms with Crippen LogP contribution in [0.25, 0.3) is 0 Å². The van der Waals surface area contributed by atoms with Crippen molar-refractivity contribution in [2.75, 3.05) is 44.7 Å². The van der Waals surface area contributed by atoms with E-state index in [1.165, 1.54) is 41.0 Å². The Hall–Kier alpha value is -1.85. The van der Waals surface area contributed by atoms with Crippen LogP contribution in [-0.2, 0) is 21.3 Å². The maximum Gasteiger partial charge on any atom is 0.257 e. The van der Waals surface area contributed by atoms with Crippen molar-refractivity contribution in [3.8, 4) is 0 Å². The molecule has 31 heavy (non-hydrogen) atoms. The Kier molecular flexibility index (Phi) is 7.02. The summed E-state index contributed by atoms with van der Waals surface area (Å²) in [7, 11) is -3.67. The summed E-state index contributed by atoms with van der Waals surface area (Å²) in [5, 5.41) is 5.33. The second kappa shape index (κ2) is 9.74. The van der Waals surface area contributed by atoms with Gasteiger partial charge in [-0.15, -0.1) is 11.3 Å². The zero-order chi connectivity index (χ0) is 21.8. The molecular formula is C21H28N4O4S2. The van der Waals surface area contributed by atoms with E-state index in [0.29, 0.717) is 42.6 Å². The van der Waals surface area contributed by atoms with E-state index in [4.69, 9.17) is 4.74 Å². The monoisotopic (exact) mass is 464 g/mol. The summed E-state index contributed by atoms with van der Waals surface area (Å²) in [6.45, 7) is 6.14. The number of nitrogens with zero attached hydrogens (tertiary/aromatic N) is 3. The van der Waals surface area contributed by atoms with Gasteiger partial charge in [0.25, 0.3) is 5.91 Å². The number of aromatic nitrogens is 1. The maximum atomic E-state index is 12.9. The molecule has 0 spiro atoms. The fraction of sp³-hybridized carbons (Fsp3) is 0.524. The van der Waals surface area contributed by atoms with E-state index in [9.17, 15) is 13.2 Å². The minimum absolute atomic E-state index is 0.120. The number of likely N-dealkylation sites (tertiary alicyclic amines) is 1. The Morgan fingerprint density at radius 2 is 1.90 bits per heavy atom. The van der Waals surface area contributed by atoms with E-state index in [2.05, 4.69) is 15.2 Å². The first-order chi connectivity index (χ1) is 14.9. The molecule has 168 valence electrons. The van der Waals surface area contributed by atoms with Crippen LogP contribution in [-0.4, -0.2) is 67.9 Å². The minimum atomic E-state index is -3.67. The van der Waals surface area contributed by atoms with Gasteiger partial charge in [-0.2, -0.15) is 4.31 Å². The Morgan fingerprint density at radius 1 is 1.16 bits per heavy atom. The van der Waals surface area contributed by atoms with Crippen LogP contribution in [0.3, 0.4) is 0 Å². The van der Waals surface area contributed by atoms with E-state index in [-0.39, 0.29) is 10.8 Å². The molecule has 8 nitrogen and oxygen atoms in total. The molecule has 10 heteroatoms. The summed E-state index contributed by atoms with van der Waals surface area (Å²) < 4.78 is 32.5. The van der Waals surface area contributed by atoms with Crippen LogP contribution >= 0.6 is 11.3 Å². The van der Waals surface area contributed by atoms with Gasteiger partial charge in [0, 0.05) is 30.6 Å². The van der Waals surface area contributed by atoms with Gasteiger partial charge in [0.1, 0.15) is 0 Å². The number of rotatable bonds is 6. The number of nitrogens with one attached hydrogen (secondary N) is 1. The van der Waals surface area contributed by atoms with Crippen LogP contribution in [0.5, 0.6) is 0 Å². The SMILES string of the molecule is Cc1ccc(S(=O)(=O)N2CCOCC2)cc1C(=O)Nc1nc(CN2CCCCC2)cs1. The molecule has 0 bridgehead atoms. The Morgan fingerprint density at radius 3 is 2.65 bits per heavy atom. The fourth-order valence-electron chi connectivity index (χ4n) is 3.89. The minimum Gasteiger partial charge on any atom is -0.379 e. The molecular weight excluding hydrogens is 436 g/mol. The molecule has 1 amide bonds. The maximum absolute atomic E-state index is 12.9. The molecule has 0 atom stereocenters. The van der Waals surface area contributed by atoms with Crippen LogP contribution in [0.2, 0.25) is 0 Å². The highest BCUT2D eigenvalue weighted by Crippen LogP contribution is 2.23. The van der Waals surface area contributed by atoms with Crippen molar-refractivity contribution >= 4 is 32.4 Å². The summed E-state index contributed by atoms with van der Waals surface area (Å²) in [4.78, 5) is 20.0. The number of amides is 1. The van der Waals surface area contributed by atoms with Crippen LogP contribution in [0, 0.1) is 6.92 Å². The van der Waals surface area contributed by atoms with Crippen LogP contribution in [0.1, 0.15) is 40.9 Å². The quantitative estimate of drug-likeness (QED) is 0.707. The number of piperidine rings is 1. The van der Waals surface area contributed by atoms with Gasteiger partial charge in [0.2, 0.25) is 10.0 Å². The lowest BCUT2D eigenvalue weighted by Crippen LogP contribution is -2.40. The molecule has 2 fully saturated rings. The number of ether oxygens (including phenoxy) is 1. The summed E-state index contributed by atoms with van der Waals surface area (Å²) in [5.74, 6) is -0.351. The number of benzene rings is 1. The Balaban J connectivity index is 1.46. The summed E-state index contributed by atoms with van der Waals surface area (Å²) in [6, 6.07) is 4.68. The second-order valence-corrected chi connectivity index (χ2v) is 10.7. The average molecular weight is 465 g/mol. The van der Waals surface area contributed by atoms with E-state index >= 15 is 0 Å². The number of aryl methyl sites for hydroxylation is 1. The predicted molar refractivity (Wildman–Crippen MR) is 120 cm³/mol. The lowest BCUT2D eigenvalue weighted by atomic mass is 10.1. The van der Waals surface area contributed by atoms with Crippen molar-refractivity contribution in [2.45, 2.75) is 37.6 Å².